The van der Waals surface area contributed by atoms with Gasteiger partial charge in [0.2, 0.25) is 5.75 Å². The van der Waals surface area contributed by atoms with Crippen LogP contribution in [0.15, 0.2) is 48.7 Å². The van der Waals surface area contributed by atoms with Gasteiger partial charge >= 0.3 is 11.9 Å². The second kappa shape index (κ2) is 16.7. The minimum Gasteiger partial charge on any atom is -0.493 e. The van der Waals surface area contributed by atoms with E-state index in [1.54, 1.807) is 19.1 Å². The maximum Gasteiger partial charge on any atom is 0.309 e. The van der Waals surface area contributed by atoms with Crippen LogP contribution < -0.4 is 9.47 Å². The van der Waals surface area contributed by atoms with Crippen LogP contribution in [0.4, 0.5) is 8.78 Å². The molecule has 3 aromatic rings. The molecule has 0 unspecified atom stereocenters. The number of benzene rings is 2. The van der Waals surface area contributed by atoms with Gasteiger partial charge in [-0.2, -0.15) is 0 Å². The summed E-state index contributed by atoms with van der Waals surface area (Å²) in [6.07, 6.45) is 0.182. The Kier molecular flexibility index (Phi) is 13.1. The number of rotatable bonds is 16. The Hall–Kier alpha value is -4.22. The van der Waals surface area contributed by atoms with Gasteiger partial charge in [0.05, 0.1) is 26.2 Å². The molecule has 0 aliphatic carbocycles. The van der Waals surface area contributed by atoms with Crippen molar-refractivity contribution in [2.24, 2.45) is 5.92 Å². The van der Waals surface area contributed by atoms with Gasteiger partial charge in [0, 0.05) is 44.7 Å². The third-order valence-corrected chi connectivity index (χ3v) is 7.07. The number of halogens is 2. The summed E-state index contributed by atoms with van der Waals surface area (Å²) >= 11 is 0. The fraction of sp³-hybridized carbons (Fsp3) is 0.412. The topological polar surface area (TPSA) is 110 Å². The fourth-order valence-electron chi connectivity index (χ4n) is 4.96. The summed E-state index contributed by atoms with van der Waals surface area (Å²) in [6, 6.07) is 9.99. The molecule has 0 amide bonds. The number of ether oxygens (including phenoxy) is 5. The predicted octanol–water partition coefficient (Wildman–Crippen LogP) is 6.34. The van der Waals surface area contributed by atoms with Crippen molar-refractivity contribution in [1.82, 2.24) is 4.98 Å². The Morgan fingerprint density at radius 1 is 0.867 bits per heavy atom. The van der Waals surface area contributed by atoms with Gasteiger partial charge < -0.3 is 23.7 Å². The molecule has 0 saturated heterocycles. The summed E-state index contributed by atoms with van der Waals surface area (Å²) in [5.41, 5.74) is 2.19. The molecular formula is C34H39F2NO8. The first kappa shape index (κ1) is 35.3. The average molecular weight is 628 g/mol. The molecular weight excluding hydrogens is 588 g/mol. The molecule has 0 radical (unpaired) electrons. The number of Topliss-reactive ketones (excluding diaryl/α,β-unsaturated/α-hetero) is 1. The number of hydrogen-bond acceptors (Lipinski definition) is 9. The first-order chi connectivity index (χ1) is 21.5. The number of carbonyl (C=O) groups excluding carboxylic acids is 3. The number of hydrogen-bond donors (Lipinski definition) is 0. The summed E-state index contributed by atoms with van der Waals surface area (Å²) in [6.45, 7) is 9.03. The lowest BCUT2D eigenvalue weighted by molar-refractivity contribution is -0.153. The maximum atomic E-state index is 14.4. The van der Waals surface area contributed by atoms with Crippen LogP contribution in [0, 0.1) is 17.6 Å². The lowest BCUT2D eigenvalue weighted by Gasteiger charge is -2.29. The molecule has 45 heavy (non-hydrogen) atoms. The highest BCUT2D eigenvalue weighted by molar-refractivity contribution is 6.00. The SMILES string of the molecule is CCOCc1cc(F)ccc1C(c1ccc(F)cc1COCC)[C@H](C)OC(=O)[C@H](C)CC(=O)c1nccc(OC)c1OC(C)=O. The van der Waals surface area contributed by atoms with Gasteiger partial charge in [-0.3, -0.25) is 14.4 Å². The van der Waals surface area contributed by atoms with Crippen LogP contribution in [0.2, 0.25) is 0 Å². The Balaban J connectivity index is 1.95. The van der Waals surface area contributed by atoms with Gasteiger partial charge in [0.25, 0.3) is 0 Å². The van der Waals surface area contributed by atoms with Gasteiger partial charge in [-0.15, -0.1) is 0 Å². The van der Waals surface area contributed by atoms with Crippen molar-refractivity contribution in [2.75, 3.05) is 20.3 Å². The number of aromatic nitrogens is 1. The first-order valence-corrected chi connectivity index (χ1v) is 14.7. The van der Waals surface area contributed by atoms with Crippen LogP contribution in [0.1, 0.15) is 79.7 Å². The van der Waals surface area contributed by atoms with Gasteiger partial charge in [-0.05, 0) is 67.3 Å². The number of methoxy groups -OCH3 is 1. The quantitative estimate of drug-likeness (QED) is 0.133. The van der Waals surface area contributed by atoms with E-state index < -0.39 is 47.3 Å². The van der Waals surface area contributed by atoms with Crippen LogP contribution in [0.5, 0.6) is 11.5 Å². The predicted molar refractivity (Wildman–Crippen MR) is 161 cm³/mol. The standard InChI is InChI=1S/C34H39F2NO8/c1-7-42-18-23-16-25(35)9-11-27(23)31(28-12-10-26(36)17-24(28)19-43-8-2)21(4)44-34(40)20(3)15-29(39)32-33(45-22(5)38)30(41-6)13-14-37-32/h9-14,16-17,20-21,31H,7-8,15,18-19H2,1-6H3/t20-,21+/m1/s1. The zero-order valence-electron chi connectivity index (χ0n) is 26.4. The molecule has 1 heterocycles. The number of carbonyl (C=O) groups is 3. The minimum absolute atomic E-state index is 0.103. The average Bonchev–Trinajstić information content (AvgIpc) is 3.00. The molecule has 0 saturated carbocycles. The van der Waals surface area contributed by atoms with E-state index in [4.69, 9.17) is 23.7 Å². The van der Waals surface area contributed by atoms with E-state index in [9.17, 15) is 23.2 Å². The Morgan fingerprint density at radius 2 is 1.42 bits per heavy atom. The highest BCUT2D eigenvalue weighted by Gasteiger charge is 2.32. The number of nitrogens with zero attached hydrogens (tertiary/aromatic N) is 1. The molecule has 0 bridgehead atoms. The van der Waals surface area contributed by atoms with Crippen LogP contribution in [0.3, 0.4) is 0 Å². The minimum atomic E-state index is -0.925. The lowest BCUT2D eigenvalue weighted by Crippen LogP contribution is -2.29. The van der Waals surface area contributed by atoms with E-state index in [0.717, 1.165) is 0 Å². The Morgan fingerprint density at radius 3 is 1.91 bits per heavy atom. The second-order valence-corrected chi connectivity index (χ2v) is 10.4. The smallest absolute Gasteiger partial charge is 0.309 e. The molecule has 1 aromatic heterocycles. The normalized spacial score (nSPS) is 12.5. The van der Waals surface area contributed by atoms with Gasteiger partial charge in [0.1, 0.15) is 17.7 Å². The van der Waals surface area contributed by atoms with Crippen LogP contribution >= 0.6 is 0 Å². The van der Waals surface area contributed by atoms with Gasteiger partial charge in [0.15, 0.2) is 17.2 Å². The summed E-state index contributed by atoms with van der Waals surface area (Å²) in [4.78, 5) is 42.4. The van der Waals surface area contributed by atoms with E-state index in [2.05, 4.69) is 4.98 Å². The Bertz CT molecular complexity index is 1440. The largest absolute Gasteiger partial charge is 0.493 e. The van der Waals surface area contributed by atoms with Crippen LogP contribution in [0.25, 0.3) is 0 Å². The van der Waals surface area contributed by atoms with E-state index in [1.165, 1.54) is 57.5 Å². The zero-order valence-corrected chi connectivity index (χ0v) is 26.4. The van der Waals surface area contributed by atoms with Crippen LogP contribution in [-0.2, 0) is 37.0 Å². The second-order valence-electron chi connectivity index (χ2n) is 10.4. The molecule has 0 N–H and O–H groups in total. The van der Waals surface area contributed by atoms with Crippen molar-refractivity contribution >= 4 is 17.7 Å². The van der Waals surface area contributed by atoms with Crippen molar-refractivity contribution in [3.8, 4) is 11.5 Å². The molecule has 0 spiro atoms. The highest BCUT2D eigenvalue weighted by atomic mass is 19.1. The summed E-state index contributed by atoms with van der Waals surface area (Å²) in [7, 11) is 1.36. The highest BCUT2D eigenvalue weighted by Crippen LogP contribution is 2.36. The third kappa shape index (κ3) is 9.39. The molecule has 242 valence electrons. The first-order valence-electron chi connectivity index (χ1n) is 14.7. The van der Waals surface area contributed by atoms with E-state index in [-0.39, 0.29) is 36.8 Å². The summed E-state index contributed by atoms with van der Waals surface area (Å²) in [5.74, 6) is -4.42. The molecule has 0 fully saturated rings. The maximum absolute atomic E-state index is 14.4. The molecule has 0 aliphatic heterocycles. The lowest BCUT2D eigenvalue weighted by atomic mass is 9.82. The van der Waals surface area contributed by atoms with E-state index >= 15 is 0 Å². The molecule has 11 heteroatoms. The van der Waals surface area contributed by atoms with Crippen LogP contribution in [-0.4, -0.2) is 49.1 Å². The van der Waals surface area contributed by atoms with Crippen molar-refractivity contribution < 1.29 is 46.8 Å². The van der Waals surface area contributed by atoms with Gasteiger partial charge in [-0.1, -0.05) is 19.1 Å². The fourth-order valence-corrected chi connectivity index (χ4v) is 4.96. The third-order valence-electron chi connectivity index (χ3n) is 7.07. The number of ketones is 1. The monoisotopic (exact) mass is 627 g/mol. The molecule has 0 aliphatic rings. The van der Waals surface area contributed by atoms with Crippen molar-refractivity contribution in [1.29, 1.82) is 0 Å². The molecule has 3 rings (SSSR count). The molecule has 9 nitrogen and oxygen atoms in total. The van der Waals surface area contributed by atoms with E-state index in [1.807, 2.05) is 13.8 Å². The molecule has 2 aromatic carbocycles. The van der Waals surface area contributed by atoms with Crippen molar-refractivity contribution in [3.05, 3.63) is 88.2 Å². The summed E-state index contributed by atoms with van der Waals surface area (Å²) in [5, 5.41) is 0. The Labute approximate surface area is 261 Å². The van der Waals surface area contributed by atoms with Crippen molar-refractivity contribution in [3.63, 3.8) is 0 Å². The number of esters is 2. The number of pyridine rings is 1. The summed E-state index contributed by atoms with van der Waals surface area (Å²) < 4.78 is 56.3. The van der Waals surface area contributed by atoms with Gasteiger partial charge in [-0.25, -0.2) is 13.8 Å². The zero-order chi connectivity index (χ0) is 33.1. The van der Waals surface area contributed by atoms with Crippen molar-refractivity contribution in [2.45, 2.75) is 66.3 Å². The molecule has 2 atom stereocenters. The van der Waals surface area contributed by atoms with E-state index in [0.29, 0.717) is 35.5 Å².